The summed E-state index contributed by atoms with van der Waals surface area (Å²) in [5.41, 5.74) is 8.70. The highest BCUT2D eigenvalue weighted by Crippen LogP contribution is 2.21. The second-order valence-corrected chi connectivity index (χ2v) is 4.74. The summed E-state index contributed by atoms with van der Waals surface area (Å²) in [6.07, 6.45) is 0.934. The topological polar surface area (TPSA) is 58.3 Å². The Bertz CT molecular complexity index is 337. The lowest BCUT2D eigenvalue weighted by Crippen LogP contribution is -2.26. The summed E-state index contributed by atoms with van der Waals surface area (Å²) in [4.78, 5) is 0. The van der Waals surface area contributed by atoms with Crippen molar-refractivity contribution in [3.05, 3.63) is 23.8 Å². The minimum Gasteiger partial charge on any atom is -0.397 e. The third-order valence-electron chi connectivity index (χ3n) is 2.54. The highest BCUT2D eigenvalue weighted by Gasteiger charge is 2.10. The second kappa shape index (κ2) is 5.75. The number of rotatable bonds is 5. The fourth-order valence-electron chi connectivity index (χ4n) is 1.78. The molecule has 4 N–H and O–H groups in total. The molecular weight excluding hydrogens is 200 g/mol. The predicted molar refractivity (Wildman–Crippen MR) is 69.5 cm³/mol. The van der Waals surface area contributed by atoms with Crippen LogP contribution in [0.25, 0.3) is 0 Å². The molecule has 1 rings (SSSR count). The average molecular weight is 222 g/mol. The number of nitrogens with two attached hydrogens (primary N) is 1. The number of nitrogens with one attached hydrogen (secondary N) is 1. The number of hydrogen-bond acceptors (Lipinski definition) is 3. The second-order valence-electron chi connectivity index (χ2n) is 4.74. The van der Waals surface area contributed by atoms with E-state index in [0.29, 0.717) is 5.92 Å². The number of aliphatic hydroxyl groups is 1. The van der Waals surface area contributed by atoms with Gasteiger partial charge in [0.2, 0.25) is 0 Å². The molecule has 0 aromatic heterocycles. The van der Waals surface area contributed by atoms with Gasteiger partial charge in [-0.05, 0) is 37.0 Å². The molecule has 1 aromatic rings. The molecule has 0 fully saturated rings. The third kappa shape index (κ3) is 3.74. The lowest BCUT2D eigenvalue weighted by Gasteiger charge is -2.20. The molecule has 0 aliphatic heterocycles. The van der Waals surface area contributed by atoms with E-state index in [2.05, 4.69) is 19.2 Å². The summed E-state index contributed by atoms with van der Waals surface area (Å²) in [6, 6.07) is 5.99. The summed E-state index contributed by atoms with van der Waals surface area (Å²) < 4.78 is 0. The van der Waals surface area contributed by atoms with Crippen molar-refractivity contribution < 1.29 is 5.11 Å². The Balaban J connectivity index is 2.70. The van der Waals surface area contributed by atoms with Gasteiger partial charge in [0.25, 0.3) is 0 Å². The Morgan fingerprint density at radius 1 is 1.38 bits per heavy atom. The zero-order valence-corrected chi connectivity index (χ0v) is 10.3. The molecule has 0 amide bonds. The molecule has 0 aliphatic carbocycles. The van der Waals surface area contributed by atoms with Gasteiger partial charge in [-0.1, -0.05) is 19.9 Å². The molecule has 0 heterocycles. The van der Waals surface area contributed by atoms with Crippen LogP contribution in [0.2, 0.25) is 0 Å². The minimum absolute atomic E-state index is 0.0741. The first kappa shape index (κ1) is 12.8. The smallest absolute Gasteiger partial charge is 0.0632 e. The number of aliphatic hydroxyl groups excluding tert-OH is 1. The summed E-state index contributed by atoms with van der Waals surface area (Å²) in [7, 11) is 0. The minimum atomic E-state index is 0.0741. The van der Waals surface area contributed by atoms with Gasteiger partial charge in [0.1, 0.15) is 0 Å². The molecule has 0 saturated carbocycles. The van der Waals surface area contributed by atoms with Crippen LogP contribution in [-0.4, -0.2) is 17.8 Å². The van der Waals surface area contributed by atoms with Crippen molar-refractivity contribution in [2.24, 2.45) is 5.92 Å². The van der Waals surface area contributed by atoms with Crippen LogP contribution < -0.4 is 11.1 Å². The molecule has 90 valence electrons. The van der Waals surface area contributed by atoms with Crippen LogP contribution in [0.1, 0.15) is 25.8 Å². The third-order valence-corrected chi connectivity index (χ3v) is 2.54. The first-order valence-corrected chi connectivity index (χ1v) is 5.76. The number of aryl methyl sites for hydroxylation is 1. The van der Waals surface area contributed by atoms with E-state index in [1.807, 2.05) is 25.1 Å². The number of anilines is 2. The van der Waals surface area contributed by atoms with E-state index in [0.717, 1.165) is 23.4 Å². The standard InChI is InChI=1S/C13H22N2O/c1-9(2)6-11(8-16)15-13-5-4-10(3)7-12(13)14/h4-5,7,9,11,15-16H,6,8,14H2,1-3H3. The van der Waals surface area contributed by atoms with Crippen LogP contribution in [0.3, 0.4) is 0 Å². The molecule has 1 aromatic carbocycles. The van der Waals surface area contributed by atoms with Crippen molar-refractivity contribution in [1.29, 1.82) is 0 Å². The van der Waals surface area contributed by atoms with E-state index in [1.54, 1.807) is 0 Å². The highest BCUT2D eigenvalue weighted by atomic mass is 16.3. The van der Waals surface area contributed by atoms with Gasteiger partial charge in [0, 0.05) is 6.04 Å². The van der Waals surface area contributed by atoms with E-state index in [-0.39, 0.29) is 12.6 Å². The van der Waals surface area contributed by atoms with E-state index in [1.165, 1.54) is 0 Å². The van der Waals surface area contributed by atoms with Gasteiger partial charge in [-0.15, -0.1) is 0 Å². The van der Waals surface area contributed by atoms with Crippen molar-refractivity contribution in [2.45, 2.75) is 33.2 Å². The summed E-state index contributed by atoms with van der Waals surface area (Å²) >= 11 is 0. The largest absolute Gasteiger partial charge is 0.397 e. The molecule has 1 unspecified atom stereocenters. The van der Waals surface area contributed by atoms with Crippen LogP contribution >= 0.6 is 0 Å². The van der Waals surface area contributed by atoms with Crippen LogP contribution in [0, 0.1) is 12.8 Å². The van der Waals surface area contributed by atoms with Gasteiger partial charge >= 0.3 is 0 Å². The Hall–Kier alpha value is -1.22. The van der Waals surface area contributed by atoms with E-state index in [4.69, 9.17) is 5.73 Å². The van der Waals surface area contributed by atoms with Crippen LogP contribution in [0.4, 0.5) is 11.4 Å². The highest BCUT2D eigenvalue weighted by molar-refractivity contribution is 5.67. The van der Waals surface area contributed by atoms with Crippen molar-refractivity contribution in [2.75, 3.05) is 17.7 Å². The zero-order valence-electron chi connectivity index (χ0n) is 10.3. The normalized spacial score (nSPS) is 12.8. The Morgan fingerprint density at radius 2 is 2.06 bits per heavy atom. The zero-order chi connectivity index (χ0) is 12.1. The van der Waals surface area contributed by atoms with E-state index >= 15 is 0 Å². The summed E-state index contributed by atoms with van der Waals surface area (Å²) in [5, 5.41) is 12.6. The summed E-state index contributed by atoms with van der Waals surface area (Å²) in [6.45, 7) is 6.43. The first-order valence-electron chi connectivity index (χ1n) is 5.76. The fraction of sp³-hybridized carbons (Fsp3) is 0.538. The van der Waals surface area contributed by atoms with Crippen molar-refractivity contribution in [1.82, 2.24) is 0 Å². The van der Waals surface area contributed by atoms with Gasteiger partial charge in [-0.3, -0.25) is 0 Å². The van der Waals surface area contributed by atoms with Gasteiger partial charge in [0.15, 0.2) is 0 Å². The Morgan fingerprint density at radius 3 is 2.56 bits per heavy atom. The van der Waals surface area contributed by atoms with Crippen LogP contribution in [-0.2, 0) is 0 Å². The molecule has 1 atom stereocenters. The van der Waals surface area contributed by atoms with E-state index < -0.39 is 0 Å². The molecule has 0 aliphatic rings. The lowest BCUT2D eigenvalue weighted by atomic mass is 10.0. The molecule has 3 heteroatoms. The van der Waals surface area contributed by atoms with Crippen molar-refractivity contribution in [3.63, 3.8) is 0 Å². The number of benzene rings is 1. The lowest BCUT2D eigenvalue weighted by molar-refractivity contribution is 0.259. The Labute approximate surface area is 97.7 Å². The monoisotopic (exact) mass is 222 g/mol. The van der Waals surface area contributed by atoms with Gasteiger partial charge in [-0.2, -0.15) is 0 Å². The van der Waals surface area contributed by atoms with Crippen molar-refractivity contribution >= 4 is 11.4 Å². The maximum atomic E-state index is 9.28. The van der Waals surface area contributed by atoms with Gasteiger partial charge in [0.05, 0.1) is 18.0 Å². The van der Waals surface area contributed by atoms with Gasteiger partial charge < -0.3 is 16.2 Å². The predicted octanol–water partition coefficient (Wildman–Crippen LogP) is 2.40. The van der Waals surface area contributed by atoms with Crippen LogP contribution in [0.5, 0.6) is 0 Å². The molecule has 0 radical (unpaired) electrons. The van der Waals surface area contributed by atoms with E-state index in [9.17, 15) is 5.11 Å². The molecular formula is C13H22N2O. The molecule has 0 bridgehead atoms. The Kier molecular flexibility index (Phi) is 4.62. The summed E-state index contributed by atoms with van der Waals surface area (Å²) in [5.74, 6) is 0.552. The number of nitrogen functional groups attached to an aromatic ring is 1. The number of hydrogen-bond donors (Lipinski definition) is 3. The fourth-order valence-corrected chi connectivity index (χ4v) is 1.78. The van der Waals surface area contributed by atoms with Crippen molar-refractivity contribution in [3.8, 4) is 0 Å². The maximum Gasteiger partial charge on any atom is 0.0632 e. The SMILES string of the molecule is Cc1ccc(NC(CO)CC(C)C)c(N)c1. The quantitative estimate of drug-likeness (QED) is 0.670. The molecule has 3 nitrogen and oxygen atoms in total. The average Bonchev–Trinajstić information content (AvgIpc) is 2.20. The first-order chi connectivity index (χ1) is 7.52. The molecule has 0 saturated heterocycles. The molecule has 16 heavy (non-hydrogen) atoms. The van der Waals surface area contributed by atoms with Gasteiger partial charge in [-0.25, -0.2) is 0 Å². The molecule has 0 spiro atoms. The van der Waals surface area contributed by atoms with Crippen LogP contribution in [0.15, 0.2) is 18.2 Å². The maximum absolute atomic E-state index is 9.28.